The van der Waals surface area contributed by atoms with E-state index in [1.54, 1.807) is 5.38 Å². The smallest absolute Gasteiger partial charge is 0.239 e. The fourth-order valence-corrected chi connectivity index (χ4v) is 4.70. The van der Waals surface area contributed by atoms with Crippen molar-refractivity contribution in [2.24, 2.45) is 0 Å². The molecule has 1 N–H and O–H groups in total. The molecule has 0 aliphatic carbocycles. The van der Waals surface area contributed by atoms with Crippen LogP contribution in [-0.4, -0.2) is 30.9 Å². The van der Waals surface area contributed by atoms with Crippen molar-refractivity contribution in [3.8, 4) is 11.3 Å². The largest absolute Gasteiger partial charge is 0.306 e. The van der Waals surface area contributed by atoms with E-state index in [4.69, 9.17) is 0 Å². The Morgan fingerprint density at radius 1 is 1.24 bits per heavy atom. The number of anilines is 1. The molecular formula is C19H19F2N5OS2. The van der Waals surface area contributed by atoms with Crippen molar-refractivity contribution in [2.45, 2.75) is 49.6 Å². The fraction of sp³-hybridized carbons (Fsp3) is 0.368. The third-order valence-corrected chi connectivity index (χ3v) is 6.51. The molecule has 152 valence electrons. The highest BCUT2D eigenvalue weighted by Gasteiger charge is 2.22. The van der Waals surface area contributed by atoms with E-state index < -0.39 is 11.6 Å². The number of nitrogens with one attached hydrogen (secondary N) is 1. The van der Waals surface area contributed by atoms with Crippen molar-refractivity contribution in [1.29, 1.82) is 0 Å². The number of carbonyl (C=O) groups is 1. The summed E-state index contributed by atoms with van der Waals surface area (Å²) in [5.41, 5.74) is 0.932. The summed E-state index contributed by atoms with van der Waals surface area (Å²) >= 11 is 2.60. The third-order valence-electron chi connectivity index (χ3n) is 4.68. The van der Waals surface area contributed by atoms with Gasteiger partial charge in [0.05, 0.1) is 10.9 Å². The molecule has 0 fully saturated rings. The number of fused-ring (bicyclic) bond motifs is 1. The zero-order valence-corrected chi connectivity index (χ0v) is 17.3. The summed E-state index contributed by atoms with van der Waals surface area (Å²) in [5.74, 6) is -1.06. The molecule has 1 aromatic carbocycles. The zero-order valence-electron chi connectivity index (χ0n) is 15.7. The van der Waals surface area contributed by atoms with Gasteiger partial charge in [-0.05, 0) is 38.0 Å². The van der Waals surface area contributed by atoms with Gasteiger partial charge in [0, 0.05) is 23.9 Å². The monoisotopic (exact) mass is 435 g/mol. The summed E-state index contributed by atoms with van der Waals surface area (Å²) in [4.78, 5) is 16.9. The third kappa shape index (κ3) is 4.48. The van der Waals surface area contributed by atoms with Gasteiger partial charge in [-0.2, -0.15) is 0 Å². The lowest BCUT2D eigenvalue weighted by Crippen LogP contribution is -2.23. The lowest BCUT2D eigenvalue weighted by Gasteiger charge is -2.11. The van der Waals surface area contributed by atoms with E-state index in [0.29, 0.717) is 16.4 Å². The summed E-state index contributed by atoms with van der Waals surface area (Å²) in [6.07, 6.45) is 4.29. The highest BCUT2D eigenvalue weighted by Crippen LogP contribution is 2.28. The van der Waals surface area contributed by atoms with Gasteiger partial charge in [-0.15, -0.1) is 21.5 Å². The molecule has 0 saturated heterocycles. The van der Waals surface area contributed by atoms with Gasteiger partial charge in [-0.1, -0.05) is 18.2 Å². The van der Waals surface area contributed by atoms with Gasteiger partial charge < -0.3 is 9.88 Å². The number of amides is 1. The van der Waals surface area contributed by atoms with Gasteiger partial charge in [0.15, 0.2) is 21.9 Å². The molecule has 1 atom stereocenters. The van der Waals surface area contributed by atoms with Crippen LogP contribution in [0.25, 0.3) is 11.3 Å². The van der Waals surface area contributed by atoms with Crippen LogP contribution < -0.4 is 5.32 Å². The fourth-order valence-electron chi connectivity index (χ4n) is 3.08. The van der Waals surface area contributed by atoms with Gasteiger partial charge in [0.25, 0.3) is 0 Å². The average molecular weight is 436 g/mol. The zero-order chi connectivity index (χ0) is 20.4. The number of thiazole rings is 1. The first-order chi connectivity index (χ1) is 14.0. The summed E-state index contributed by atoms with van der Waals surface area (Å²) in [5, 5.41) is 13.8. The van der Waals surface area contributed by atoms with E-state index in [9.17, 15) is 13.6 Å². The van der Waals surface area contributed by atoms with Gasteiger partial charge in [-0.3, -0.25) is 4.79 Å². The van der Waals surface area contributed by atoms with Crippen molar-refractivity contribution in [1.82, 2.24) is 19.7 Å². The van der Waals surface area contributed by atoms with Crippen molar-refractivity contribution in [3.05, 3.63) is 41.0 Å². The first-order valence-electron chi connectivity index (χ1n) is 9.32. The Bertz CT molecular complexity index is 1040. The predicted molar refractivity (Wildman–Crippen MR) is 109 cm³/mol. The molecule has 0 saturated carbocycles. The van der Waals surface area contributed by atoms with E-state index in [-0.39, 0.29) is 11.2 Å². The van der Waals surface area contributed by atoms with Crippen LogP contribution in [0.3, 0.4) is 0 Å². The summed E-state index contributed by atoms with van der Waals surface area (Å²) in [7, 11) is 0. The molecular weight excluding hydrogens is 416 g/mol. The number of thioether (sulfide) groups is 1. The Labute approximate surface area is 174 Å². The molecule has 0 bridgehead atoms. The van der Waals surface area contributed by atoms with Crippen LogP contribution >= 0.6 is 23.1 Å². The molecule has 4 rings (SSSR count). The van der Waals surface area contributed by atoms with Crippen molar-refractivity contribution in [3.63, 3.8) is 0 Å². The van der Waals surface area contributed by atoms with Crippen molar-refractivity contribution < 1.29 is 13.6 Å². The van der Waals surface area contributed by atoms with Crippen LogP contribution in [0.1, 0.15) is 32.0 Å². The average Bonchev–Trinajstić information content (AvgIpc) is 3.24. The summed E-state index contributed by atoms with van der Waals surface area (Å²) in [6.45, 7) is 2.69. The van der Waals surface area contributed by atoms with Gasteiger partial charge in [0.1, 0.15) is 5.82 Å². The maximum atomic E-state index is 13.4. The summed E-state index contributed by atoms with van der Waals surface area (Å²) in [6, 6.07) is 3.60. The number of rotatable bonds is 5. The molecule has 1 amide bonds. The molecule has 1 aliphatic heterocycles. The van der Waals surface area contributed by atoms with Crippen molar-refractivity contribution >= 4 is 34.1 Å². The second kappa shape index (κ2) is 8.58. The Morgan fingerprint density at radius 3 is 2.93 bits per heavy atom. The van der Waals surface area contributed by atoms with Crippen molar-refractivity contribution in [2.75, 3.05) is 5.32 Å². The van der Waals surface area contributed by atoms with E-state index in [1.807, 2.05) is 6.92 Å². The first-order valence-corrected chi connectivity index (χ1v) is 11.1. The van der Waals surface area contributed by atoms with Gasteiger partial charge in [-0.25, -0.2) is 13.8 Å². The van der Waals surface area contributed by atoms with Crippen LogP contribution in [0.4, 0.5) is 13.9 Å². The molecule has 10 heteroatoms. The van der Waals surface area contributed by atoms with Gasteiger partial charge in [0.2, 0.25) is 5.91 Å². The second-order valence-electron chi connectivity index (χ2n) is 6.78. The molecule has 0 spiro atoms. The first kappa shape index (κ1) is 20.0. The lowest BCUT2D eigenvalue weighted by atomic mass is 10.2. The number of nitrogens with zero attached hydrogens (tertiary/aromatic N) is 4. The maximum absolute atomic E-state index is 13.4. The Morgan fingerprint density at radius 2 is 2.10 bits per heavy atom. The maximum Gasteiger partial charge on any atom is 0.239 e. The van der Waals surface area contributed by atoms with Crippen LogP contribution in [0, 0.1) is 11.6 Å². The Balaban J connectivity index is 1.41. The highest BCUT2D eigenvalue weighted by molar-refractivity contribution is 8.00. The minimum Gasteiger partial charge on any atom is -0.306 e. The molecule has 6 nitrogen and oxygen atoms in total. The molecule has 3 heterocycles. The van der Waals surface area contributed by atoms with Crippen LogP contribution in [0.2, 0.25) is 0 Å². The quantitative estimate of drug-likeness (QED) is 0.597. The lowest BCUT2D eigenvalue weighted by molar-refractivity contribution is -0.115. The molecule has 29 heavy (non-hydrogen) atoms. The topological polar surface area (TPSA) is 72.7 Å². The predicted octanol–water partition coefficient (Wildman–Crippen LogP) is 4.53. The molecule has 2 aromatic heterocycles. The number of halogens is 2. The van der Waals surface area contributed by atoms with Crippen LogP contribution in [0.5, 0.6) is 0 Å². The molecule has 0 unspecified atom stereocenters. The van der Waals surface area contributed by atoms with E-state index >= 15 is 0 Å². The minimum absolute atomic E-state index is 0.202. The van der Waals surface area contributed by atoms with E-state index in [2.05, 4.69) is 25.1 Å². The standard InChI is InChI=1S/C19H19F2N5OS2/c1-11(29-19-25-24-16-5-3-2-4-8-26(16)19)17(27)23-18-22-15(10-28-18)12-6-7-13(20)14(21)9-12/h6-7,9-11H,2-5,8H2,1H3,(H,22,23,27)/t11-/m0/s1. The summed E-state index contributed by atoms with van der Waals surface area (Å²) < 4.78 is 28.6. The molecule has 1 aliphatic rings. The number of aryl methyl sites for hydroxylation is 1. The molecule has 3 aromatic rings. The SMILES string of the molecule is C[C@H](Sc1nnc2n1CCCCC2)C(=O)Nc1nc(-c2ccc(F)c(F)c2)cs1. The van der Waals surface area contributed by atoms with E-state index in [0.717, 1.165) is 48.9 Å². The number of hydrogen-bond donors (Lipinski definition) is 1. The molecule has 0 radical (unpaired) electrons. The minimum atomic E-state index is -0.932. The van der Waals surface area contributed by atoms with E-state index in [1.165, 1.54) is 35.6 Å². The number of aromatic nitrogens is 4. The number of carbonyl (C=O) groups excluding carboxylic acids is 1. The van der Waals surface area contributed by atoms with Crippen LogP contribution in [-0.2, 0) is 17.8 Å². The highest BCUT2D eigenvalue weighted by atomic mass is 32.2. The Hall–Kier alpha value is -2.33. The van der Waals surface area contributed by atoms with Gasteiger partial charge >= 0.3 is 0 Å². The second-order valence-corrected chi connectivity index (χ2v) is 8.94. The van der Waals surface area contributed by atoms with Crippen LogP contribution in [0.15, 0.2) is 28.7 Å². The normalized spacial score (nSPS) is 14.9. The Kier molecular flexibility index (Phi) is 5.91. The number of hydrogen-bond acceptors (Lipinski definition) is 6. The number of benzene rings is 1.